The fourth-order valence-corrected chi connectivity index (χ4v) is 4.17. The minimum atomic E-state index is -4.44. The van der Waals surface area contributed by atoms with E-state index in [4.69, 9.17) is 16.0 Å². The Kier molecular flexibility index (Phi) is 4.94. The maximum absolute atomic E-state index is 13.5. The molecular weight excluding hydrogens is 509 g/mol. The number of halogens is 5. The van der Waals surface area contributed by atoms with Gasteiger partial charge in [0, 0.05) is 15.7 Å². The lowest BCUT2D eigenvalue weighted by molar-refractivity contribution is -0.165. The Morgan fingerprint density at radius 3 is 2.38 bits per heavy atom. The number of nitrogens with zero attached hydrogens (tertiary/aromatic N) is 4. The highest BCUT2D eigenvalue weighted by Gasteiger charge is 2.68. The Balaban J connectivity index is 1.68. The molecule has 1 aliphatic rings. The number of benzene rings is 2. The number of aromatic nitrogens is 4. The molecular formula is C22H15BrClF3N4O. The van der Waals surface area contributed by atoms with Crippen LogP contribution >= 0.6 is 27.5 Å². The lowest BCUT2D eigenvalue weighted by Crippen LogP contribution is -2.28. The minimum absolute atomic E-state index is 0.0582. The minimum Gasteiger partial charge on any atom is -0.418 e. The molecule has 5 nitrogen and oxygen atoms in total. The van der Waals surface area contributed by atoms with Crippen LogP contribution < -0.4 is 0 Å². The fraction of sp³-hybridized carbons (Fsp3) is 0.227. The molecule has 2 heterocycles. The lowest BCUT2D eigenvalue weighted by Gasteiger charge is -2.14. The summed E-state index contributed by atoms with van der Waals surface area (Å²) in [6.45, 7) is 1.80. The second-order valence-electron chi connectivity index (χ2n) is 7.65. The summed E-state index contributed by atoms with van der Waals surface area (Å²) in [5.74, 6) is 0.0382. The Morgan fingerprint density at radius 2 is 1.75 bits per heavy atom. The highest BCUT2D eigenvalue weighted by atomic mass is 79.9. The van der Waals surface area contributed by atoms with Gasteiger partial charge < -0.3 is 4.42 Å². The second kappa shape index (κ2) is 7.45. The van der Waals surface area contributed by atoms with E-state index in [1.165, 1.54) is 0 Å². The van der Waals surface area contributed by atoms with Gasteiger partial charge in [-0.2, -0.15) is 13.2 Å². The molecule has 1 fully saturated rings. The number of hydrogen-bond acceptors (Lipinski definition) is 4. The van der Waals surface area contributed by atoms with Crippen molar-refractivity contribution in [3.05, 3.63) is 69.6 Å². The van der Waals surface area contributed by atoms with E-state index < -0.39 is 17.5 Å². The quantitative estimate of drug-likeness (QED) is 0.292. The molecule has 0 N–H and O–H groups in total. The monoisotopic (exact) mass is 522 g/mol. The Labute approximate surface area is 194 Å². The van der Waals surface area contributed by atoms with Crippen molar-refractivity contribution < 1.29 is 17.6 Å². The fourth-order valence-electron chi connectivity index (χ4n) is 3.69. The van der Waals surface area contributed by atoms with Crippen molar-refractivity contribution in [3.63, 3.8) is 0 Å². The summed E-state index contributed by atoms with van der Waals surface area (Å²) in [4.78, 5) is 4.68. The summed E-state index contributed by atoms with van der Waals surface area (Å²) >= 11 is 9.86. The van der Waals surface area contributed by atoms with Crippen LogP contribution in [0.25, 0.3) is 28.7 Å². The zero-order valence-corrected chi connectivity index (χ0v) is 19.0. The third-order valence-electron chi connectivity index (χ3n) is 5.64. The third kappa shape index (κ3) is 3.34. The first-order valence-electron chi connectivity index (χ1n) is 9.72. The van der Waals surface area contributed by atoms with Crippen LogP contribution in [0.5, 0.6) is 0 Å². The molecule has 1 aliphatic carbocycles. The van der Waals surface area contributed by atoms with E-state index >= 15 is 0 Å². The Hall–Kier alpha value is -2.65. The van der Waals surface area contributed by atoms with E-state index in [0.717, 1.165) is 10.2 Å². The van der Waals surface area contributed by atoms with E-state index in [-0.39, 0.29) is 18.7 Å². The van der Waals surface area contributed by atoms with E-state index in [1.54, 1.807) is 13.0 Å². The maximum Gasteiger partial charge on any atom is 0.403 e. The van der Waals surface area contributed by atoms with E-state index in [1.807, 2.05) is 47.0 Å². The van der Waals surface area contributed by atoms with Gasteiger partial charge in [-0.25, -0.2) is 4.98 Å². The largest absolute Gasteiger partial charge is 0.418 e. The first-order valence-corrected chi connectivity index (χ1v) is 10.9. The van der Waals surface area contributed by atoms with Gasteiger partial charge in [0.15, 0.2) is 0 Å². The topological polar surface area (TPSA) is 56.7 Å². The summed E-state index contributed by atoms with van der Waals surface area (Å²) < 4.78 is 48.8. The Bertz CT molecular complexity index is 1310. The average molecular weight is 524 g/mol. The summed E-state index contributed by atoms with van der Waals surface area (Å²) in [5, 5.41) is 8.13. The van der Waals surface area contributed by atoms with Crippen molar-refractivity contribution in [2.45, 2.75) is 31.4 Å². The molecule has 0 bridgehead atoms. The SMILES string of the molecule is Cc1c(-c2nnc(C3(C(F)(F)F)CC3)o2)nc(-c2ccccc2Cl)n1-c1ccc(Br)cc1. The number of imidazole rings is 1. The normalized spacial score (nSPS) is 15.2. The zero-order chi connectivity index (χ0) is 22.7. The van der Waals surface area contributed by atoms with Gasteiger partial charge in [0.05, 0.1) is 10.7 Å². The van der Waals surface area contributed by atoms with Crippen LogP contribution in [-0.2, 0) is 5.41 Å². The van der Waals surface area contributed by atoms with Crippen LogP contribution in [0.2, 0.25) is 5.02 Å². The van der Waals surface area contributed by atoms with Crippen LogP contribution in [0.1, 0.15) is 24.4 Å². The van der Waals surface area contributed by atoms with E-state index in [0.29, 0.717) is 27.8 Å². The maximum atomic E-state index is 13.5. The van der Waals surface area contributed by atoms with Gasteiger partial charge in [0.2, 0.25) is 5.89 Å². The van der Waals surface area contributed by atoms with E-state index in [9.17, 15) is 13.2 Å². The van der Waals surface area contributed by atoms with Gasteiger partial charge in [-0.15, -0.1) is 10.2 Å². The molecule has 0 radical (unpaired) electrons. The summed E-state index contributed by atoms with van der Waals surface area (Å²) in [7, 11) is 0. The van der Waals surface area contributed by atoms with Crippen molar-refractivity contribution in [1.29, 1.82) is 0 Å². The number of rotatable bonds is 4. The molecule has 32 heavy (non-hydrogen) atoms. The molecule has 0 saturated heterocycles. The molecule has 10 heteroatoms. The molecule has 164 valence electrons. The van der Waals surface area contributed by atoms with Crippen molar-refractivity contribution in [2.75, 3.05) is 0 Å². The third-order valence-corrected chi connectivity index (χ3v) is 6.50. The molecule has 0 spiro atoms. The standard InChI is InChI=1S/C22H15BrClF3N4O/c1-12-17(19-29-30-20(32-19)21(10-11-21)22(25,26)27)28-18(15-4-2-3-5-16(15)24)31(12)14-8-6-13(23)7-9-14/h2-9H,10-11H2,1H3. The van der Waals surface area contributed by atoms with Crippen LogP contribution in [0.4, 0.5) is 13.2 Å². The second-order valence-corrected chi connectivity index (χ2v) is 8.98. The lowest BCUT2D eigenvalue weighted by atomic mass is 10.1. The first-order chi connectivity index (χ1) is 15.2. The van der Waals surface area contributed by atoms with Crippen LogP contribution in [0.3, 0.4) is 0 Å². The zero-order valence-electron chi connectivity index (χ0n) is 16.6. The highest BCUT2D eigenvalue weighted by molar-refractivity contribution is 9.10. The molecule has 1 saturated carbocycles. The molecule has 4 aromatic rings. The van der Waals surface area contributed by atoms with Gasteiger partial charge in [-0.05, 0) is 56.2 Å². The molecule has 0 atom stereocenters. The smallest absolute Gasteiger partial charge is 0.403 e. The average Bonchev–Trinajstić information content (AvgIpc) is 3.32. The first kappa shape index (κ1) is 21.2. The van der Waals surface area contributed by atoms with Crippen LogP contribution in [-0.4, -0.2) is 25.9 Å². The Morgan fingerprint density at radius 1 is 1.06 bits per heavy atom. The van der Waals surface area contributed by atoms with Gasteiger partial charge in [-0.3, -0.25) is 4.57 Å². The molecule has 2 aromatic heterocycles. The van der Waals surface area contributed by atoms with Crippen molar-refractivity contribution in [3.8, 4) is 28.7 Å². The molecule has 2 aromatic carbocycles. The highest BCUT2D eigenvalue weighted by Crippen LogP contribution is 2.58. The molecule has 0 unspecified atom stereocenters. The van der Waals surface area contributed by atoms with Gasteiger partial charge >= 0.3 is 6.18 Å². The van der Waals surface area contributed by atoms with Gasteiger partial charge in [-0.1, -0.05) is 39.7 Å². The van der Waals surface area contributed by atoms with Gasteiger partial charge in [0.25, 0.3) is 5.89 Å². The number of alkyl halides is 3. The predicted octanol–water partition coefficient (Wildman–Crippen LogP) is 6.91. The van der Waals surface area contributed by atoms with E-state index in [2.05, 4.69) is 31.1 Å². The predicted molar refractivity (Wildman–Crippen MR) is 117 cm³/mol. The summed E-state index contributed by atoms with van der Waals surface area (Å²) in [6.07, 6.45) is -4.56. The van der Waals surface area contributed by atoms with Crippen molar-refractivity contribution in [2.24, 2.45) is 0 Å². The molecule has 0 amide bonds. The summed E-state index contributed by atoms with van der Waals surface area (Å²) in [6, 6.07) is 14.8. The van der Waals surface area contributed by atoms with Gasteiger partial charge in [0.1, 0.15) is 16.9 Å². The molecule has 5 rings (SSSR count). The summed E-state index contributed by atoms with van der Waals surface area (Å²) in [5.41, 5.74) is 0.355. The molecule has 0 aliphatic heterocycles. The van der Waals surface area contributed by atoms with Crippen molar-refractivity contribution in [1.82, 2.24) is 19.7 Å². The van der Waals surface area contributed by atoms with Crippen molar-refractivity contribution >= 4 is 27.5 Å². The number of hydrogen-bond donors (Lipinski definition) is 0. The van der Waals surface area contributed by atoms with Crippen LogP contribution in [0.15, 0.2) is 57.4 Å². The van der Waals surface area contributed by atoms with Crippen LogP contribution in [0, 0.1) is 6.92 Å².